The molecule has 2 aliphatic rings. The summed E-state index contributed by atoms with van der Waals surface area (Å²) in [6.07, 6.45) is 13.1. The van der Waals surface area contributed by atoms with Gasteiger partial charge >= 0.3 is 0 Å². The molecular formula is C13H24O2. The lowest BCUT2D eigenvalue weighted by molar-refractivity contribution is -0.0653. The summed E-state index contributed by atoms with van der Waals surface area (Å²) in [5.41, 5.74) is 0. The SMILES string of the molecule is COC1CCC(OC2CCCCC2)CC1. The van der Waals surface area contributed by atoms with Crippen molar-refractivity contribution in [3.8, 4) is 0 Å². The summed E-state index contributed by atoms with van der Waals surface area (Å²) in [7, 11) is 1.83. The molecule has 0 aromatic heterocycles. The Morgan fingerprint density at radius 3 is 1.80 bits per heavy atom. The first kappa shape index (κ1) is 11.4. The second kappa shape index (κ2) is 5.86. The number of ether oxygens (including phenoxy) is 2. The van der Waals surface area contributed by atoms with Crippen molar-refractivity contribution in [3.05, 3.63) is 0 Å². The van der Waals surface area contributed by atoms with E-state index >= 15 is 0 Å². The van der Waals surface area contributed by atoms with E-state index in [9.17, 15) is 0 Å². The fourth-order valence-electron chi connectivity index (χ4n) is 2.88. The van der Waals surface area contributed by atoms with Gasteiger partial charge in [-0.2, -0.15) is 0 Å². The molecule has 0 heterocycles. The van der Waals surface area contributed by atoms with Gasteiger partial charge < -0.3 is 9.47 Å². The van der Waals surface area contributed by atoms with Crippen molar-refractivity contribution in [1.29, 1.82) is 0 Å². The zero-order chi connectivity index (χ0) is 10.5. The van der Waals surface area contributed by atoms with Gasteiger partial charge in [0.15, 0.2) is 0 Å². The van der Waals surface area contributed by atoms with Crippen LogP contribution in [0.15, 0.2) is 0 Å². The van der Waals surface area contributed by atoms with Crippen LogP contribution in [0.3, 0.4) is 0 Å². The van der Waals surface area contributed by atoms with E-state index < -0.39 is 0 Å². The van der Waals surface area contributed by atoms with E-state index in [1.54, 1.807) is 0 Å². The first-order valence-electron chi connectivity index (χ1n) is 6.56. The topological polar surface area (TPSA) is 18.5 Å². The molecule has 2 rings (SSSR count). The Morgan fingerprint density at radius 1 is 0.667 bits per heavy atom. The molecule has 0 N–H and O–H groups in total. The van der Waals surface area contributed by atoms with Gasteiger partial charge in [0.1, 0.15) is 0 Å². The maximum absolute atomic E-state index is 6.17. The predicted molar refractivity (Wildman–Crippen MR) is 61.0 cm³/mol. The molecule has 0 unspecified atom stereocenters. The van der Waals surface area contributed by atoms with Gasteiger partial charge in [0.25, 0.3) is 0 Å². The van der Waals surface area contributed by atoms with Crippen LogP contribution in [0, 0.1) is 0 Å². The molecule has 88 valence electrons. The molecule has 0 saturated heterocycles. The Labute approximate surface area is 93.3 Å². The van der Waals surface area contributed by atoms with Gasteiger partial charge in [-0.15, -0.1) is 0 Å². The van der Waals surface area contributed by atoms with E-state index in [-0.39, 0.29) is 0 Å². The van der Waals surface area contributed by atoms with Crippen molar-refractivity contribution in [3.63, 3.8) is 0 Å². The molecule has 2 heteroatoms. The second-order valence-electron chi connectivity index (χ2n) is 5.03. The minimum atomic E-state index is 0.496. The molecular weight excluding hydrogens is 188 g/mol. The van der Waals surface area contributed by atoms with Crippen LogP contribution in [0.4, 0.5) is 0 Å². The van der Waals surface area contributed by atoms with Crippen LogP contribution in [0.25, 0.3) is 0 Å². The maximum atomic E-state index is 6.17. The Kier molecular flexibility index (Phi) is 4.45. The normalized spacial score (nSPS) is 34.2. The van der Waals surface area contributed by atoms with Crippen molar-refractivity contribution >= 4 is 0 Å². The summed E-state index contributed by atoms with van der Waals surface area (Å²) < 4.78 is 11.5. The van der Waals surface area contributed by atoms with E-state index in [0.717, 1.165) is 0 Å². The lowest BCUT2D eigenvalue weighted by atomic mass is 9.93. The minimum absolute atomic E-state index is 0.496. The quantitative estimate of drug-likeness (QED) is 0.714. The highest BCUT2D eigenvalue weighted by atomic mass is 16.5. The lowest BCUT2D eigenvalue weighted by Gasteiger charge is -2.32. The standard InChI is InChI=1S/C13H24O2/c1-14-11-7-9-13(10-8-11)15-12-5-3-2-4-6-12/h11-13H,2-10H2,1H3. The number of methoxy groups -OCH3 is 1. The van der Waals surface area contributed by atoms with Gasteiger partial charge in [0.05, 0.1) is 18.3 Å². The van der Waals surface area contributed by atoms with Crippen molar-refractivity contribution < 1.29 is 9.47 Å². The average Bonchev–Trinajstić information content (AvgIpc) is 2.31. The summed E-state index contributed by atoms with van der Waals surface area (Å²) in [4.78, 5) is 0. The molecule has 2 aliphatic carbocycles. The average molecular weight is 212 g/mol. The van der Waals surface area contributed by atoms with Crippen LogP contribution in [0.1, 0.15) is 57.8 Å². The zero-order valence-corrected chi connectivity index (χ0v) is 9.91. The maximum Gasteiger partial charge on any atom is 0.0580 e. The zero-order valence-electron chi connectivity index (χ0n) is 9.91. The fourth-order valence-corrected chi connectivity index (χ4v) is 2.88. The molecule has 0 atom stereocenters. The second-order valence-corrected chi connectivity index (χ2v) is 5.03. The molecule has 0 bridgehead atoms. The third-order valence-corrected chi connectivity index (χ3v) is 3.89. The first-order valence-corrected chi connectivity index (χ1v) is 6.56. The van der Waals surface area contributed by atoms with E-state index in [1.807, 2.05) is 7.11 Å². The van der Waals surface area contributed by atoms with Crippen LogP contribution in [-0.4, -0.2) is 25.4 Å². The Morgan fingerprint density at radius 2 is 1.20 bits per heavy atom. The summed E-state index contributed by atoms with van der Waals surface area (Å²) in [5, 5.41) is 0. The summed E-state index contributed by atoms with van der Waals surface area (Å²) >= 11 is 0. The van der Waals surface area contributed by atoms with E-state index in [2.05, 4.69) is 0 Å². The summed E-state index contributed by atoms with van der Waals surface area (Å²) in [6, 6.07) is 0. The molecule has 0 spiro atoms. The van der Waals surface area contributed by atoms with Crippen LogP contribution in [-0.2, 0) is 9.47 Å². The van der Waals surface area contributed by atoms with Gasteiger partial charge in [0, 0.05) is 7.11 Å². The summed E-state index contributed by atoms with van der Waals surface area (Å²) in [6.45, 7) is 0. The van der Waals surface area contributed by atoms with E-state index in [0.29, 0.717) is 18.3 Å². The third kappa shape index (κ3) is 3.46. The van der Waals surface area contributed by atoms with E-state index in [1.165, 1.54) is 57.8 Å². The molecule has 15 heavy (non-hydrogen) atoms. The van der Waals surface area contributed by atoms with Crippen molar-refractivity contribution in [2.24, 2.45) is 0 Å². The first-order chi connectivity index (χ1) is 7.38. The highest BCUT2D eigenvalue weighted by Crippen LogP contribution is 2.28. The van der Waals surface area contributed by atoms with Crippen LogP contribution in [0.5, 0.6) is 0 Å². The molecule has 2 nitrogen and oxygen atoms in total. The largest absolute Gasteiger partial charge is 0.381 e. The monoisotopic (exact) mass is 212 g/mol. The van der Waals surface area contributed by atoms with Gasteiger partial charge in [-0.1, -0.05) is 19.3 Å². The molecule has 2 saturated carbocycles. The fraction of sp³-hybridized carbons (Fsp3) is 1.00. The molecule has 2 fully saturated rings. The lowest BCUT2D eigenvalue weighted by Crippen LogP contribution is -2.30. The molecule has 0 aromatic rings. The van der Waals surface area contributed by atoms with Gasteiger partial charge in [-0.05, 0) is 38.5 Å². The number of rotatable bonds is 3. The van der Waals surface area contributed by atoms with Crippen LogP contribution in [0.2, 0.25) is 0 Å². The van der Waals surface area contributed by atoms with Crippen LogP contribution < -0.4 is 0 Å². The Bertz CT molecular complexity index is 167. The highest BCUT2D eigenvalue weighted by Gasteiger charge is 2.24. The Hall–Kier alpha value is -0.0800. The van der Waals surface area contributed by atoms with Crippen molar-refractivity contribution in [2.45, 2.75) is 76.1 Å². The number of hydrogen-bond acceptors (Lipinski definition) is 2. The Balaban J connectivity index is 1.67. The summed E-state index contributed by atoms with van der Waals surface area (Å²) in [5.74, 6) is 0. The van der Waals surface area contributed by atoms with Crippen molar-refractivity contribution in [2.75, 3.05) is 7.11 Å². The molecule has 0 aliphatic heterocycles. The molecule has 0 aromatic carbocycles. The van der Waals surface area contributed by atoms with Crippen LogP contribution >= 0.6 is 0 Å². The molecule has 0 amide bonds. The predicted octanol–water partition coefficient (Wildman–Crippen LogP) is 3.29. The number of hydrogen-bond donors (Lipinski definition) is 0. The third-order valence-electron chi connectivity index (χ3n) is 3.89. The molecule has 0 radical (unpaired) electrons. The van der Waals surface area contributed by atoms with Gasteiger partial charge in [0.2, 0.25) is 0 Å². The smallest absolute Gasteiger partial charge is 0.0580 e. The van der Waals surface area contributed by atoms with Gasteiger partial charge in [-0.3, -0.25) is 0 Å². The van der Waals surface area contributed by atoms with E-state index in [4.69, 9.17) is 9.47 Å². The van der Waals surface area contributed by atoms with Crippen molar-refractivity contribution in [1.82, 2.24) is 0 Å². The minimum Gasteiger partial charge on any atom is -0.381 e. The highest BCUT2D eigenvalue weighted by molar-refractivity contribution is 4.75. The van der Waals surface area contributed by atoms with Gasteiger partial charge in [-0.25, -0.2) is 0 Å².